The molecule has 0 radical (unpaired) electrons. The van der Waals surface area contributed by atoms with Crippen molar-refractivity contribution in [2.24, 2.45) is 0 Å². The Morgan fingerprint density at radius 2 is 1.82 bits per heavy atom. The zero-order chi connectivity index (χ0) is 16.1. The first kappa shape index (κ1) is 16.3. The molecule has 2 rings (SSSR count). The molecule has 0 aliphatic heterocycles. The molecule has 0 fully saturated rings. The molecule has 116 valence electrons. The number of benzene rings is 2. The predicted octanol–water partition coefficient (Wildman–Crippen LogP) is 4.31. The van der Waals surface area contributed by atoms with Gasteiger partial charge in [-0.05, 0) is 36.5 Å². The Morgan fingerprint density at radius 3 is 2.45 bits per heavy atom. The molecule has 0 atom stereocenters. The minimum atomic E-state index is -0.349. The molecule has 22 heavy (non-hydrogen) atoms. The maximum absolute atomic E-state index is 13.1. The van der Waals surface area contributed by atoms with Crippen LogP contribution in [0.3, 0.4) is 0 Å². The van der Waals surface area contributed by atoms with Crippen LogP contribution in [-0.4, -0.2) is 19.3 Å². The second kappa shape index (κ2) is 7.29. The molecule has 0 saturated carbocycles. The van der Waals surface area contributed by atoms with Crippen LogP contribution in [0, 0.1) is 5.82 Å². The fourth-order valence-corrected chi connectivity index (χ4v) is 2.28. The average molecular weight is 341 g/mol. The lowest BCUT2D eigenvalue weighted by molar-refractivity contribution is 0.396. The second-order valence-corrected chi connectivity index (χ2v) is 5.09. The van der Waals surface area contributed by atoms with E-state index >= 15 is 0 Å². The molecule has 2 aromatic rings. The molecule has 0 saturated heterocycles. The van der Waals surface area contributed by atoms with Crippen molar-refractivity contribution >= 4 is 40.3 Å². The molecule has 0 aliphatic carbocycles. The molecule has 2 aromatic carbocycles. The Morgan fingerprint density at radius 1 is 1.09 bits per heavy atom. The zero-order valence-electron chi connectivity index (χ0n) is 11.9. The predicted molar refractivity (Wildman–Crippen MR) is 90.8 cm³/mol. The topological polar surface area (TPSA) is 42.5 Å². The van der Waals surface area contributed by atoms with Gasteiger partial charge in [-0.2, -0.15) is 0 Å². The van der Waals surface area contributed by atoms with Crippen molar-refractivity contribution in [3.8, 4) is 11.5 Å². The molecule has 0 bridgehead atoms. The van der Waals surface area contributed by atoms with Crippen LogP contribution in [0.4, 0.5) is 15.8 Å². The first-order valence-corrected chi connectivity index (χ1v) is 7.07. The highest BCUT2D eigenvalue weighted by atomic mass is 35.5. The number of rotatable bonds is 4. The molecular weight excluding hydrogens is 327 g/mol. The third kappa shape index (κ3) is 3.99. The lowest BCUT2D eigenvalue weighted by atomic mass is 10.2. The van der Waals surface area contributed by atoms with Gasteiger partial charge >= 0.3 is 0 Å². The van der Waals surface area contributed by atoms with Gasteiger partial charge in [0.05, 0.1) is 24.9 Å². The van der Waals surface area contributed by atoms with Crippen molar-refractivity contribution in [3.63, 3.8) is 0 Å². The Balaban J connectivity index is 2.16. The van der Waals surface area contributed by atoms with Gasteiger partial charge in [-0.15, -0.1) is 0 Å². The molecule has 0 aromatic heterocycles. The monoisotopic (exact) mass is 340 g/mol. The maximum Gasteiger partial charge on any atom is 0.175 e. The van der Waals surface area contributed by atoms with Gasteiger partial charge in [0.1, 0.15) is 17.3 Å². The van der Waals surface area contributed by atoms with Crippen LogP contribution in [0.15, 0.2) is 36.4 Å². The number of halogens is 2. The lowest BCUT2D eigenvalue weighted by Crippen LogP contribution is -2.19. The molecule has 0 spiro atoms. The first-order chi connectivity index (χ1) is 10.5. The highest BCUT2D eigenvalue weighted by Gasteiger charge is 2.11. The summed E-state index contributed by atoms with van der Waals surface area (Å²) in [5.74, 6) is 0.663. The van der Waals surface area contributed by atoms with E-state index in [1.807, 2.05) is 0 Å². The van der Waals surface area contributed by atoms with Crippen LogP contribution in [0.25, 0.3) is 0 Å². The van der Waals surface area contributed by atoms with Gasteiger partial charge < -0.3 is 20.1 Å². The summed E-state index contributed by atoms with van der Waals surface area (Å²) in [5.41, 5.74) is 1.11. The van der Waals surface area contributed by atoms with E-state index in [0.29, 0.717) is 27.9 Å². The van der Waals surface area contributed by atoms with Crippen LogP contribution in [0.1, 0.15) is 0 Å². The van der Waals surface area contributed by atoms with Crippen molar-refractivity contribution in [2.75, 3.05) is 24.9 Å². The Hall–Kier alpha value is -2.05. The molecule has 4 nitrogen and oxygen atoms in total. The third-order valence-corrected chi connectivity index (χ3v) is 3.30. The van der Waals surface area contributed by atoms with Crippen LogP contribution < -0.4 is 20.1 Å². The minimum absolute atomic E-state index is 0.283. The first-order valence-electron chi connectivity index (χ1n) is 6.28. The van der Waals surface area contributed by atoms with E-state index in [0.717, 1.165) is 0 Å². The molecule has 2 N–H and O–H groups in total. The van der Waals surface area contributed by atoms with Crippen LogP contribution in [0.5, 0.6) is 11.5 Å². The summed E-state index contributed by atoms with van der Waals surface area (Å²) in [6, 6.07) is 9.27. The molecule has 7 heteroatoms. The summed E-state index contributed by atoms with van der Waals surface area (Å²) in [6.45, 7) is 0. The highest BCUT2D eigenvalue weighted by Crippen LogP contribution is 2.35. The van der Waals surface area contributed by atoms with Gasteiger partial charge in [0, 0.05) is 11.8 Å². The van der Waals surface area contributed by atoms with Gasteiger partial charge in [-0.3, -0.25) is 0 Å². The summed E-state index contributed by atoms with van der Waals surface area (Å²) in [4.78, 5) is 0. The normalized spacial score (nSPS) is 10.0. The molecular formula is C15H14ClFN2O2S. The van der Waals surface area contributed by atoms with Gasteiger partial charge in [-0.25, -0.2) is 4.39 Å². The molecule has 0 unspecified atom stereocenters. The molecule has 0 aliphatic rings. The van der Waals surface area contributed by atoms with E-state index in [1.165, 1.54) is 26.4 Å². The average Bonchev–Trinajstić information content (AvgIpc) is 2.47. The summed E-state index contributed by atoms with van der Waals surface area (Å²) in [6.07, 6.45) is 0. The number of thiocarbonyl (C=S) groups is 1. The van der Waals surface area contributed by atoms with Crippen molar-refractivity contribution in [3.05, 3.63) is 47.2 Å². The van der Waals surface area contributed by atoms with Crippen molar-refractivity contribution in [1.82, 2.24) is 0 Å². The van der Waals surface area contributed by atoms with E-state index in [1.54, 1.807) is 24.3 Å². The second-order valence-electron chi connectivity index (χ2n) is 4.28. The number of hydrogen-bond acceptors (Lipinski definition) is 3. The van der Waals surface area contributed by atoms with Crippen molar-refractivity contribution in [2.45, 2.75) is 0 Å². The van der Waals surface area contributed by atoms with Gasteiger partial charge in [0.25, 0.3) is 0 Å². The van der Waals surface area contributed by atoms with Crippen LogP contribution in [-0.2, 0) is 0 Å². The summed E-state index contributed by atoms with van der Waals surface area (Å²) >= 11 is 11.3. The van der Waals surface area contributed by atoms with Crippen molar-refractivity contribution < 1.29 is 13.9 Å². The summed E-state index contributed by atoms with van der Waals surface area (Å²) in [5, 5.41) is 6.53. The van der Waals surface area contributed by atoms with Crippen molar-refractivity contribution in [1.29, 1.82) is 0 Å². The number of anilines is 2. The van der Waals surface area contributed by atoms with E-state index < -0.39 is 0 Å². The van der Waals surface area contributed by atoms with Gasteiger partial charge in [0.2, 0.25) is 0 Å². The highest BCUT2D eigenvalue weighted by molar-refractivity contribution is 7.80. The zero-order valence-corrected chi connectivity index (χ0v) is 13.5. The van der Waals surface area contributed by atoms with E-state index in [4.69, 9.17) is 33.3 Å². The SMILES string of the molecule is COc1cc(OC)c(NC(=S)Nc2cccc(F)c2)cc1Cl. The minimum Gasteiger partial charge on any atom is -0.495 e. The summed E-state index contributed by atoms with van der Waals surface area (Å²) in [7, 11) is 3.04. The quantitative estimate of drug-likeness (QED) is 0.812. The van der Waals surface area contributed by atoms with E-state index in [-0.39, 0.29) is 10.9 Å². The number of hydrogen-bond donors (Lipinski definition) is 2. The lowest BCUT2D eigenvalue weighted by Gasteiger charge is -2.15. The van der Waals surface area contributed by atoms with E-state index in [2.05, 4.69) is 10.6 Å². The van der Waals surface area contributed by atoms with E-state index in [9.17, 15) is 4.39 Å². The van der Waals surface area contributed by atoms with Crippen LogP contribution >= 0.6 is 23.8 Å². The standard InChI is InChI=1S/C15H14ClFN2O2S/c1-20-13-8-14(21-2)12(7-11(13)16)19-15(22)18-10-5-3-4-9(17)6-10/h3-8H,1-2H3,(H2,18,19,22). The Bertz CT molecular complexity index is 697. The Kier molecular flexibility index (Phi) is 5.41. The number of nitrogens with one attached hydrogen (secondary N) is 2. The smallest absolute Gasteiger partial charge is 0.175 e. The van der Waals surface area contributed by atoms with Gasteiger partial charge in [0.15, 0.2) is 5.11 Å². The van der Waals surface area contributed by atoms with Crippen LogP contribution in [0.2, 0.25) is 5.02 Å². The number of methoxy groups -OCH3 is 2. The Labute approximate surface area is 138 Å². The maximum atomic E-state index is 13.1. The molecule has 0 amide bonds. The summed E-state index contributed by atoms with van der Waals surface area (Å²) < 4.78 is 23.5. The van der Waals surface area contributed by atoms with Gasteiger partial charge in [-0.1, -0.05) is 17.7 Å². The fourth-order valence-electron chi connectivity index (χ4n) is 1.81. The largest absolute Gasteiger partial charge is 0.495 e. The number of ether oxygens (including phenoxy) is 2. The molecule has 0 heterocycles. The third-order valence-electron chi connectivity index (χ3n) is 2.80. The fraction of sp³-hybridized carbons (Fsp3) is 0.133.